The highest BCUT2D eigenvalue weighted by atomic mass is 16.2. The van der Waals surface area contributed by atoms with Crippen LogP contribution in [0.25, 0.3) is 11.0 Å². The third kappa shape index (κ3) is 6.72. The lowest BCUT2D eigenvalue weighted by Crippen LogP contribution is -2.44. The quantitative estimate of drug-likeness (QED) is 0.366. The number of likely N-dealkylation sites (tertiary alicyclic amines) is 1. The number of hydrogen-bond donors (Lipinski definition) is 1. The number of aromatic nitrogens is 3. The number of carbonyl (C=O) groups excluding carboxylic acids is 1. The molecule has 0 aliphatic carbocycles. The van der Waals surface area contributed by atoms with E-state index in [-0.39, 0.29) is 11.9 Å². The molecule has 2 aromatic rings. The van der Waals surface area contributed by atoms with Crippen LogP contribution in [0.1, 0.15) is 74.7 Å². The molecular formula is C28H42N6O. The number of piperidine rings is 1. The maximum Gasteiger partial charge on any atom is 0.272 e. The molecular weight excluding hydrogens is 436 g/mol. The van der Waals surface area contributed by atoms with Gasteiger partial charge in [-0.25, -0.2) is 9.67 Å². The summed E-state index contributed by atoms with van der Waals surface area (Å²) in [7, 11) is 0. The molecule has 0 atom stereocenters. The van der Waals surface area contributed by atoms with Crippen molar-refractivity contribution in [3.63, 3.8) is 0 Å². The topological polar surface area (TPSA) is 66.3 Å². The second kappa shape index (κ2) is 12.9. The summed E-state index contributed by atoms with van der Waals surface area (Å²) in [5.41, 5.74) is 1.34. The van der Waals surface area contributed by atoms with E-state index in [1.165, 1.54) is 25.7 Å². The van der Waals surface area contributed by atoms with Crippen LogP contribution < -0.4 is 10.2 Å². The Kier molecular flexibility index (Phi) is 9.35. The summed E-state index contributed by atoms with van der Waals surface area (Å²) >= 11 is 0. The zero-order valence-corrected chi connectivity index (χ0v) is 21.3. The first-order valence-electron chi connectivity index (χ1n) is 13.6. The van der Waals surface area contributed by atoms with Crippen LogP contribution in [0.15, 0.2) is 37.4 Å². The van der Waals surface area contributed by atoms with Gasteiger partial charge in [0.15, 0.2) is 11.3 Å². The zero-order valence-electron chi connectivity index (χ0n) is 21.3. The molecule has 0 aromatic carbocycles. The highest BCUT2D eigenvalue weighted by molar-refractivity contribution is 6.04. The average Bonchev–Trinajstić information content (AvgIpc) is 3.03. The summed E-state index contributed by atoms with van der Waals surface area (Å²) in [6.45, 7) is 13.4. The van der Waals surface area contributed by atoms with Crippen LogP contribution >= 0.6 is 0 Å². The fourth-order valence-electron chi connectivity index (χ4n) is 5.26. The predicted octanol–water partition coefficient (Wildman–Crippen LogP) is 4.94. The number of amides is 1. The lowest BCUT2D eigenvalue weighted by Gasteiger charge is -2.31. The Morgan fingerprint density at radius 3 is 2.49 bits per heavy atom. The molecule has 0 saturated carbocycles. The molecule has 4 rings (SSSR count). The van der Waals surface area contributed by atoms with E-state index >= 15 is 0 Å². The van der Waals surface area contributed by atoms with E-state index in [9.17, 15) is 4.79 Å². The highest BCUT2D eigenvalue weighted by Crippen LogP contribution is 2.24. The van der Waals surface area contributed by atoms with E-state index in [1.807, 2.05) is 16.8 Å². The minimum absolute atomic E-state index is 0.0769. The number of hydrogen-bond acceptors (Lipinski definition) is 5. The van der Waals surface area contributed by atoms with Gasteiger partial charge >= 0.3 is 0 Å². The molecule has 1 N–H and O–H groups in total. The Bertz CT molecular complexity index is 983. The zero-order chi connectivity index (χ0) is 24.5. The minimum atomic E-state index is -0.0769. The second-order valence-electron chi connectivity index (χ2n) is 9.99. The number of rotatable bonds is 11. The Morgan fingerprint density at radius 2 is 1.77 bits per heavy atom. The van der Waals surface area contributed by atoms with Gasteiger partial charge in [0.25, 0.3) is 5.91 Å². The van der Waals surface area contributed by atoms with Crippen molar-refractivity contribution in [3.8, 4) is 0 Å². The molecule has 2 aliphatic heterocycles. The maximum atomic E-state index is 13.3. The van der Waals surface area contributed by atoms with Crippen molar-refractivity contribution in [3.05, 3.63) is 43.1 Å². The molecule has 4 heterocycles. The summed E-state index contributed by atoms with van der Waals surface area (Å²) in [5.74, 6) is 0.931. The lowest BCUT2D eigenvalue weighted by atomic mass is 10.0. The first-order valence-corrected chi connectivity index (χ1v) is 13.6. The van der Waals surface area contributed by atoms with E-state index in [4.69, 9.17) is 10.1 Å². The van der Waals surface area contributed by atoms with Crippen molar-refractivity contribution >= 4 is 22.8 Å². The lowest BCUT2D eigenvalue weighted by molar-refractivity contribution is 0.0909. The number of allylic oxidation sites excluding steroid dienone is 1. The van der Waals surface area contributed by atoms with Gasteiger partial charge in [-0.2, -0.15) is 5.10 Å². The molecule has 190 valence electrons. The number of carbonyl (C=O) groups is 1. The smallest absolute Gasteiger partial charge is 0.272 e. The minimum Gasteiger partial charge on any atom is -0.357 e. The molecule has 1 amide bonds. The molecule has 0 bridgehead atoms. The summed E-state index contributed by atoms with van der Waals surface area (Å²) in [6.07, 6.45) is 15.1. The first kappa shape index (κ1) is 25.4. The average molecular weight is 479 g/mol. The Labute approximate surface area is 210 Å². The van der Waals surface area contributed by atoms with Gasteiger partial charge in [0.1, 0.15) is 5.82 Å². The summed E-state index contributed by atoms with van der Waals surface area (Å²) in [6, 6.07) is 4.33. The summed E-state index contributed by atoms with van der Waals surface area (Å²) < 4.78 is 1.96. The van der Waals surface area contributed by atoms with E-state index < -0.39 is 0 Å². The van der Waals surface area contributed by atoms with Crippen molar-refractivity contribution in [2.75, 3.05) is 37.6 Å². The number of unbranched alkanes of at least 4 members (excludes halogenated alkanes) is 3. The number of fused-ring (bicyclic) bond motifs is 1. The third-order valence-corrected chi connectivity index (χ3v) is 7.31. The normalized spacial score (nSPS) is 17.9. The fraction of sp³-hybridized carbons (Fsp3) is 0.607. The molecule has 0 radical (unpaired) electrons. The van der Waals surface area contributed by atoms with Gasteiger partial charge in [0, 0.05) is 45.3 Å². The molecule has 0 unspecified atom stereocenters. The van der Waals surface area contributed by atoms with Gasteiger partial charge in [-0.3, -0.25) is 9.69 Å². The molecule has 7 nitrogen and oxygen atoms in total. The van der Waals surface area contributed by atoms with E-state index in [2.05, 4.69) is 40.4 Å². The Balaban J connectivity index is 1.52. The monoisotopic (exact) mass is 478 g/mol. The summed E-state index contributed by atoms with van der Waals surface area (Å²) in [5, 5.41) is 8.92. The molecule has 2 fully saturated rings. The standard InChI is InChI=1S/C28H42N6O/c1-3-5-6-7-12-20-34-27-24(13-14-25(30-27)33-18-10-8-9-11-19-33)26(31-34)28(35)29-23-15-21-32(17-4-2)22-16-23/h3-4,13-14,23H,1-2,5-12,15-22H2,(H,29,35). The van der Waals surface area contributed by atoms with Gasteiger partial charge in [-0.15, -0.1) is 13.2 Å². The van der Waals surface area contributed by atoms with Crippen molar-refractivity contribution in [1.29, 1.82) is 0 Å². The second-order valence-corrected chi connectivity index (χ2v) is 9.99. The summed E-state index contributed by atoms with van der Waals surface area (Å²) in [4.78, 5) is 23.1. The van der Waals surface area contributed by atoms with Gasteiger partial charge in [-0.05, 0) is 57.1 Å². The number of nitrogens with zero attached hydrogens (tertiary/aromatic N) is 5. The van der Waals surface area contributed by atoms with Gasteiger partial charge in [0.2, 0.25) is 0 Å². The van der Waals surface area contributed by atoms with Crippen LogP contribution in [-0.2, 0) is 6.54 Å². The Hall–Kier alpha value is -2.67. The van der Waals surface area contributed by atoms with Crippen LogP contribution in [0, 0.1) is 0 Å². The van der Waals surface area contributed by atoms with Gasteiger partial charge < -0.3 is 10.2 Å². The van der Waals surface area contributed by atoms with Gasteiger partial charge in [-0.1, -0.05) is 31.4 Å². The molecule has 2 aromatic heterocycles. The third-order valence-electron chi connectivity index (χ3n) is 7.31. The molecule has 2 saturated heterocycles. The molecule has 2 aliphatic rings. The molecule has 0 spiro atoms. The van der Waals surface area contributed by atoms with Crippen molar-refractivity contribution in [2.45, 2.75) is 76.8 Å². The van der Waals surface area contributed by atoms with Crippen LogP contribution in [-0.4, -0.2) is 64.3 Å². The number of nitrogens with one attached hydrogen (secondary N) is 1. The number of anilines is 1. The van der Waals surface area contributed by atoms with Gasteiger partial charge in [0.05, 0.1) is 5.39 Å². The molecule has 35 heavy (non-hydrogen) atoms. The fourth-order valence-corrected chi connectivity index (χ4v) is 5.26. The Morgan fingerprint density at radius 1 is 1.00 bits per heavy atom. The van der Waals surface area contributed by atoms with Crippen LogP contribution in [0.3, 0.4) is 0 Å². The van der Waals surface area contributed by atoms with Crippen molar-refractivity contribution < 1.29 is 4.79 Å². The highest BCUT2D eigenvalue weighted by Gasteiger charge is 2.24. The molecule has 7 heteroatoms. The van der Waals surface area contributed by atoms with Crippen LogP contribution in [0.5, 0.6) is 0 Å². The number of pyridine rings is 1. The van der Waals surface area contributed by atoms with Crippen molar-refractivity contribution in [2.24, 2.45) is 0 Å². The first-order chi connectivity index (χ1) is 17.2. The maximum absolute atomic E-state index is 13.3. The van der Waals surface area contributed by atoms with E-state index in [0.29, 0.717) is 5.69 Å². The van der Waals surface area contributed by atoms with E-state index in [0.717, 1.165) is 94.6 Å². The van der Waals surface area contributed by atoms with E-state index in [1.54, 1.807) is 0 Å². The van der Waals surface area contributed by atoms with Crippen molar-refractivity contribution in [1.82, 2.24) is 25.0 Å². The SMILES string of the molecule is C=CCCCCCn1nc(C(=O)NC2CCN(CC=C)CC2)c2ccc(N3CCCCCC3)nc21. The predicted molar refractivity (Wildman–Crippen MR) is 144 cm³/mol. The number of aryl methyl sites for hydroxylation is 1. The van der Waals surface area contributed by atoms with Crippen LogP contribution in [0.2, 0.25) is 0 Å². The largest absolute Gasteiger partial charge is 0.357 e. The van der Waals surface area contributed by atoms with Crippen LogP contribution in [0.4, 0.5) is 5.82 Å².